The van der Waals surface area contributed by atoms with Gasteiger partial charge in [-0.05, 0) is 30.5 Å². The Labute approximate surface area is 114 Å². The van der Waals surface area contributed by atoms with Crippen molar-refractivity contribution in [1.82, 2.24) is 0 Å². The molecule has 0 aliphatic carbocycles. The van der Waals surface area contributed by atoms with E-state index in [9.17, 15) is 4.79 Å². The van der Waals surface area contributed by atoms with Crippen LogP contribution in [0.15, 0.2) is 18.2 Å². The largest absolute Gasteiger partial charge is 0.478 e. The second kappa shape index (κ2) is 8.15. The third kappa shape index (κ3) is 4.69. The summed E-state index contributed by atoms with van der Waals surface area (Å²) in [5.74, 6) is -0.890. The highest BCUT2D eigenvalue weighted by molar-refractivity contribution is 6.31. The number of carboxylic acid groups (broad SMARTS) is 1. The maximum atomic E-state index is 11.1. The Morgan fingerprint density at radius 3 is 2.50 bits per heavy atom. The summed E-state index contributed by atoms with van der Waals surface area (Å²) in [7, 11) is 0. The van der Waals surface area contributed by atoms with Gasteiger partial charge in [0.05, 0.1) is 5.56 Å². The highest BCUT2D eigenvalue weighted by Crippen LogP contribution is 2.22. The molecule has 0 aliphatic rings. The zero-order valence-electron chi connectivity index (χ0n) is 10.9. The van der Waals surface area contributed by atoms with Gasteiger partial charge in [-0.3, -0.25) is 0 Å². The summed E-state index contributed by atoms with van der Waals surface area (Å²) in [4.78, 5) is 11.1. The van der Waals surface area contributed by atoms with Crippen LogP contribution in [0.1, 0.15) is 61.4 Å². The maximum absolute atomic E-state index is 11.1. The first-order valence-electron chi connectivity index (χ1n) is 6.67. The van der Waals surface area contributed by atoms with Crippen molar-refractivity contribution in [3.8, 4) is 0 Å². The predicted octanol–water partition coefficient (Wildman–Crippen LogP) is 4.94. The molecule has 0 bridgehead atoms. The monoisotopic (exact) mass is 268 g/mol. The molecule has 3 heteroatoms. The van der Waals surface area contributed by atoms with E-state index < -0.39 is 5.97 Å². The summed E-state index contributed by atoms with van der Waals surface area (Å²) < 4.78 is 0. The molecule has 1 N–H and O–H groups in total. The smallest absolute Gasteiger partial charge is 0.336 e. The van der Waals surface area contributed by atoms with Crippen LogP contribution in [0.4, 0.5) is 0 Å². The van der Waals surface area contributed by atoms with Crippen molar-refractivity contribution < 1.29 is 9.90 Å². The maximum Gasteiger partial charge on any atom is 0.336 e. The van der Waals surface area contributed by atoms with E-state index in [4.69, 9.17) is 16.7 Å². The number of hydrogen-bond donors (Lipinski definition) is 1. The first kappa shape index (κ1) is 15.0. The van der Waals surface area contributed by atoms with Crippen molar-refractivity contribution in [2.24, 2.45) is 0 Å². The summed E-state index contributed by atoms with van der Waals surface area (Å²) in [6.45, 7) is 2.20. The van der Waals surface area contributed by atoms with Crippen LogP contribution in [0.5, 0.6) is 0 Å². The standard InChI is InChI=1S/C15H21ClO2/c1-2-3-4-5-6-7-9-12-13(15(17)18)10-8-11-14(12)16/h8,10-11H,2-7,9H2,1H3,(H,17,18). The molecular weight excluding hydrogens is 248 g/mol. The Morgan fingerprint density at radius 2 is 1.83 bits per heavy atom. The van der Waals surface area contributed by atoms with Gasteiger partial charge in [0.25, 0.3) is 0 Å². The number of carbonyl (C=O) groups is 1. The van der Waals surface area contributed by atoms with E-state index >= 15 is 0 Å². The molecule has 2 nitrogen and oxygen atoms in total. The van der Waals surface area contributed by atoms with Gasteiger partial charge in [0.2, 0.25) is 0 Å². The molecule has 1 aromatic carbocycles. The molecule has 0 amide bonds. The number of unbranched alkanes of at least 4 members (excludes halogenated alkanes) is 5. The average Bonchev–Trinajstić information content (AvgIpc) is 2.34. The molecule has 0 heterocycles. The Balaban J connectivity index is 2.48. The van der Waals surface area contributed by atoms with Crippen molar-refractivity contribution in [2.75, 3.05) is 0 Å². The Hall–Kier alpha value is -1.02. The molecule has 0 radical (unpaired) electrons. The van der Waals surface area contributed by atoms with Crippen molar-refractivity contribution in [3.63, 3.8) is 0 Å². The zero-order valence-corrected chi connectivity index (χ0v) is 11.7. The third-order valence-electron chi connectivity index (χ3n) is 3.13. The summed E-state index contributed by atoms with van der Waals surface area (Å²) in [6, 6.07) is 5.08. The minimum atomic E-state index is -0.890. The number of benzene rings is 1. The van der Waals surface area contributed by atoms with Crippen LogP contribution in [-0.2, 0) is 6.42 Å². The minimum absolute atomic E-state index is 0.344. The Kier molecular flexibility index (Phi) is 6.81. The number of aromatic carboxylic acids is 1. The highest BCUT2D eigenvalue weighted by atomic mass is 35.5. The minimum Gasteiger partial charge on any atom is -0.478 e. The fraction of sp³-hybridized carbons (Fsp3) is 0.533. The Morgan fingerprint density at radius 1 is 1.17 bits per heavy atom. The molecule has 18 heavy (non-hydrogen) atoms. The lowest BCUT2D eigenvalue weighted by Gasteiger charge is -2.08. The van der Waals surface area contributed by atoms with Crippen LogP contribution in [0.3, 0.4) is 0 Å². The van der Waals surface area contributed by atoms with Crippen molar-refractivity contribution >= 4 is 17.6 Å². The molecule has 0 aliphatic heterocycles. The number of rotatable bonds is 8. The molecule has 0 aromatic heterocycles. The summed E-state index contributed by atoms with van der Waals surface area (Å²) >= 11 is 6.07. The van der Waals surface area contributed by atoms with E-state index in [1.807, 2.05) is 0 Å². The van der Waals surface area contributed by atoms with Gasteiger partial charge in [0.1, 0.15) is 0 Å². The van der Waals surface area contributed by atoms with Crippen LogP contribution in [0, 0.1) is 0 Å². The van der Waals surface area contributed by atoms with Gasteiger partial charge in [0.15, 0.2) is 0 Å². The highest BCUT2D eigenvalue weighted by Gasteiger charge is 2.12. The summed E-state index contributed by atoms with van der Waals surface area (Å²) in [6.07, 6.45) is 7.93. The number of hydrogen-bond acceptors (Lipinski definition) is 1. The summed E-state index contributed by atoms with van der Waals surface area (Å²) in [5, 5.41) is 9.68. The second-order valence-corrected chi connectivity index (χ2v) is 5.00. The number of halogens is 1. The second-order valence-electron chi connectivity index (χ2n) is 4.59. The topological polar surface area (TPSA) is 37.3 Å². The van der Waals surface area contributed by atoms with Crippen LogP contribution in [0.25, 0.3) is 0 Å². The quantitative estimate of drug-likeness (QED) is 0.678. The van der Waals surface area contributed by atoms with E-state index in [0.29, 0.717) is 10.6 Å². The molecule has 0 atom stereocenters. The third-order valence-corrected chi connectivity index (χ3v) is 3.48. The van der Waals surface area contributed by atoms with Gasteiger partial charge in [-0.2, -0.15) is 0 Å². The fourth-order valence-electron chi connectivity index (χ4n) is 2.10. The normalized spacial score (nSPS) is 10.6. The fourth-order valence-corrected chi connectivity index (χ4v) is 2.36. The van der Waals surface area contributed by atoms with Crippen LogP contribution >= 0.6 is 11.6 Å². The predicted molar refractivity (Wildman–Crippen MR) is 75.5 cm³/mol. The number of carboxylic acids is 1. The lowest BCUT2D eigenvalue weighted by molar-refractivity contribution is 0.0695. The average molecular weight is 269 g/mol. The van der Waals surface area contributed by atoms with Crippen molar-refractivity contribution in [2.45, 2.75) is 51.9 Å². The first-order valence-corrected chi connectivity index (χ1v) is 7.05. The van der Waals surface area contributed by atoms with Gasteiger partial charge in [-0.25, -0.2) is 4.79 Å². The molecule has 0 saturated heterocycles. The summed E-state index contributed by atoms with van der Waals surface area (Å²) in [5.41, 5.74) is 1.12. The Bertz CT molecular complexity index is 388. The molecule has 1 aromatic rings. The van der Waals surface area contributed by atoms with E-state index in [-0.39, 0.29) is 0 Å². The molecular formula is C15H21ClO2. The zero-order chi connectivity index (χ0) is 13.4. The van der Waals surface area contributed by atoms with Crippen LogP contribution in [0.2, 0.25) is 5.02 Å². The van der Waals surface area contributed by atoms with Crippen molar-refractivity contribution in [1.29, 1.82) is 0 Å². The van der Waals surface area contributed by atoms with Gasteiger partial charge in [0, 0.05) is 5.02 Å². The molecule has 0 unspecified atom stereocenters. The van der Waals surface area contributed by atoms with Crippen LogP contribution < -0.4 is 0 Å². The van der Waals surface area contributed by atoms with Gasteiger partial charge < -0.3 is 5.11 Å². The SMILES string of the molecule is CCCCCCCCc1c(Cl)cccc1C(=O)O. The van der Waals surface area contributed by atoms with E-state index in [0.717, 1.165) is 24.8 Å². The van der Waals surface area contributed by atoms with Crippen molar-refractivity contribution in [3.05, 3.63) is 34.3 Å². The molecule has 1 rings (SSSR count). The lowest BCUT2D eigenvalue weighted by atomic mass is 10.0. The molecule has 100 valence electrons. The van der Waals surface area contributed by atoms with E-state index in [2.05, 4.69) is 6.92 Å². The molecule has 0 fully saturated rings. The molecule has 0 saturated carbocycles. The van der Waals surface area contributed by atoms with Gasteiger partial charge >= 0.3 is 5.97 Å². The van der Waals surface area contributed by atoms with E-state index in [1.54, 1.807) is 18.2 Å². The van der Waals surface area contributed by atoms with E-state index in [1.165, 1.54) is 25.7 Å². The molecule has 0 spiro atoms. The lowest BCUT2D eigenvalue weighted by Crippen LogP contribution is -2.03. The van der Waals surface area contributed by atoms with Gasteiger partial charge in [-0.15, -0.1) is 0 Å². The van der Waals surface area contributed by atoms with Gasteiger partial charge in [-0.1, -0.05) is 56.7 Å². The van der Waals surface area contributed by atoms with Crippen LogP contribution in [-0.4, -0.2) is 11.1 Å². The first-order chi connectivity index (χ1) is 8.66.